The van der Waals surface area contributed by atoms with Crippen molar-refractivity contribution in [3.63, 3.8) is 0 Å². The molecule has 0 saturated carbocycles. The number of aromatic nitrogens is 1. The Morgan fingerprint density at radius 1 is 1.29 bits per heavy atom. The van der Waals surface area contributed by atoms with Crippen LogP contribution in [-0.2, 0) is 11.3 Å². The number of nitrogens with zero attached hydrogens (tertiary/aromatic N) is 2. The Morgan fingerprint density at radius 2 is 2.08 bits per heavy atom. The van der Waals surface area contributed by atoms with E-state index in [2.05, 4.69) is 15.6 Å². The molecule has 2 N–H and O–H groups in total. The van der Waals surface area contributed by atoms with Crippen LogP contribution < -0.4 is 10.6 Å². The molecule has 1 aromatic carbocycles. The summed E-state index contributed by atoms with van der Waals surface area (Å²) in [6.07, 6.45) is 1.97. The number of hydrogen-bond acceptors (Lipinski definition) is 3. The SMILES string of the molecule is Cc1ccnc(NC(=O)NC2CC(=O)N(Cc3ccccc3)C2)c1. The summed E-state index contributed by atoms with van der Waals surface area (Å²) in [4.78, 5) is 30.0. The minimum Gasteiger partial charge on any atom is -0.336 e. The normalized spacial score (nSPS) is 17.0. The first kappa shape index (κ1) is 16.0. The largest absolute Gasteiger partial charge is 0.336 e. The first-order valence-corrected chi connectivity index (χ1v) is 7.92. The quantitative estimate of drug-likeness (QED) is 0.906. The van der Waals surface area contributed by atoms with Crippen molar-refractivity contribution in [1.82, 2.24) is 15.2 Å². The van der Waals surface area contributed by atoms with Crippen molar-refractivity contribution in [2.75, 3.05) is 11.9 Å². The van der Waals surface area contributed by atoms with Gasteiger partial charge in [-0.3, -0.25) is 10.1 Å². The number of benzene rings is 1. The van der Waals surface area contributed by atoms with Crippen molar-refractivity contribution in [2.45, 2.75) is 25.9 Å². The van der Waals surface area contributed by atoms with Crippen LogP contribution in [0.2, 0.25) is 0 Å². The summed E-state index contributed by atoms with van der Waals surface area (Å²) in [5, 5.41) is 5.54. The van der Waals surface area contributed by atoms with E-state index in [0.717, 1.165) is 11.1 Å². The fourth-order valence-corrected chi connectivity index (χ4v) is 2.77. The Balaban J connectivity index is 1.53. The number of likely N-dealkylation sites (tertiary alicyclic amines) is 1. The van der Waals surface area contributed by atoms with Gasteiger partial charge in [0, 0.05) is 25.7 Å². The van der Waals surface area contributed by atoms with E-state index in [-0.39, 0.29) is 18.0 Å². The third kappa shape index (κ3) is 4.10. The van der Waals surface area contributed by atoms with E-state index < -0.39 is 0 Å². The topological polar surface area (TPSA) is 74.3 Å². The summed E-state index contributed by atoms with van der Waals surface area (Å²) in [6.45, 7) is 3.02. The van der Waals surface area contributed by atoms with Crippen LogP contribution in [0.4, 0.5) is 10.6 Å². The molecule has 1 fully saturated rings. The van der Waals surface area contributed by atoms with Gasteiger partial charge in [-0.15, -0.1) is 0 Å². The summed E-state index contributed by atoms with van der Waals surface area (Å²) in [7, 11) is 0. The molecule has 24 heavy (non-hydrogen) atoms. The molecular weight excluding hydrogens is 304 g/mol. The number of anilines is 1. The second-order valence-corrected chi connectivity index (χ2v) is 5.98. The molecule has 6 nitrogen and oxygen atoms in total. The lowest BCUT2D eigenvalue weighted by atomic mass is 10.2. The molecule has 0 bridgehead atoms. The summed E-state index contributed by atoms with van der Waals surface area (Å²) in [5.41, 5.74) is 2.10. The van der Waals surface area contributed by atoms with Crippen molar-refractivity contribution < 1.29 is 9.59 Å². The number of urea groups is 1. The molecule has 124 valence electrons. The Kier molecular flexibility index (Phi) is 4.74. The van der Waals surface area contributed by atoms with Gasteiger partial charge in [0.1, 0.15) is 5.82 Å². The molecule has 1 aliphatic heterocycles. The number of carbonyl (C=O) groups excluding carboxylic acids is 2. The number of amides is 3. The first-order chi connectivity index (χ1) is 11.6. The van der Waals surface area contributed by atoms with Gasteiger partial charge in [-0.05, 0) is 30.2 Å². The smallest absolute Gasteiger partial charge is 0.320 e. The zero-order valence-corrected chi connectivity index (χ0v) is 13.5. The van der Waals surface area contributed by atoms with Gasteiger partial charge < -0.3 is 10.2 Å². The molecule has 1 aliphatic rings. The summed E-state index contributed by atoms with van der Waals surface area (Å²) in [6, 6.07) is 13.0. The Bertz CT molecular complexity index is 733. The van der Waals surface area contributed by atoms with E-state index in [4.69, 9.17) is 0 Å². The monoisotopic (exact) mass is 324 g/mol. The van der Waals surface area contributed by atoms with Crippen LogP contribution in [0.5, 0.6) is 0 Å². The lowest BCUT2D eigenvalue weighted by molar-refractivity contribution is -0.128. The number of rotatable bonds is 4. The van der Waals surface area contributed by atoms with Crippen LogP contribution in [0, 0.1) is 6.92 Å². The van der Waals surface area contributed by atoms with Crippen LogP contribution >= 0.6 is 0 Å². The fourth-order valence-electron chi connectivity index (χ4n) is 2.77. The molecule has 2 aromatic rings. The van der Waals surface area contributed by atoms with Crippen LogP contribution in [0.15, 0.2) is 48.7 Å². The first-order valence-electron chi connectivity index (χ1n) is 7.92. The molecule has 2 heterocycles. The maximum atomic E-state index is 12.1. The van der Waals surface area contributed by atoms with Crippen LogP contribution in [0.3, 0.4) is 0 Å². The van der Waals surface area contributed by atoms with E-state index in [1.807, 2.05) is 43.3 Å². The molecular formula is C18H20N4O2. The Labute approximate surface area is 140 Å². The van der Waals surface area contributed by atoms with E-state index in [1.54, 1.807) is 17.2 Å². The zero-order valence-electron chi connectivity index (χ0n) is 13.5. The maximum Gasteiger partial charge on any atom is 0.320 e. The predicted octanol–water partition coefficient (Wildman–Crippen LogP) is 2.31. The molecule has 0 spiro atoms. The lowest BCUT2D eigenvalue weighted by Gasteiger charge is -2.17. The molecule has 6 heteroatoms. The van der Waals surface area contributed by atoms with E-state index in [1.165, 1.54) is 0 Å². The highest BCUT2D eigenvalue weighted by Gasteiger charge is 2.30. The molecule has 3 rings (SSSR count). The van der Waals surface area contributed by atoms with Crippen LogP contribution in [0.25, 0.3) is 0 Å². The molecule has 1 atom stereocenters. The van der Waals surface area contributed by atoms with Gasteiger partial charge in [0.15, 0.2) is 0 Å². The van der Waals surface area contributed by atoms with Crippen LogP contribution in [0.1, 0.15) is 17.5 Å². The van der Waals surface area contributed by atoms with Gasteiger partial charge in [-0.25, -0.2) is 9.78 Å². The standard InChI is InChI=1S/C18H20N4O2/c1-13-7-8-19-16(9-13)21-18(24)20-15-10-17(23)22(12-15)11-14-5-3-2-4-6-14/h2-9,15H,10-12H2,1H3,(H2,19,20,21,24). The van der Waals surface area contributed by atoms with Gasteiger partial charge in [0.2, 0.25) is 5.91 Å². The van der Waals surface area contributed by atoms with Crippen molar-refractivity contribution in [3.8, 4) is 0 Å². The van der Waals surface area contributed by atoms with E-state index in [0.29, 0.717) is 25.3 Å². The van der Waals surface area contributed by atoms with Crippen molar-refractivity contribution in [3.05, 3.63) is 59.8 Å². The van der Waals surface area contributed by atoms with E-state index in [9.17, 15) is 9.59 Å². The van der Waals surface area contributed by atoms with Crippen molar-refractivity contribution in [1.29, 1.82) is 0 Å². The third-order valence-corrected chi connectivity index (χ3v) is 3.92. The van der Waals surface area contributed by atoms with Crippen LogP contribution in [-0.4, -0.2) is 34.4 Å². The van der Waals surface area contributed by atoms with Crippen molar-refractivity contribution >= 4 is 17.8 Å². The predicted molar refractivity (Wildman–Crippen MR) is 91.4 cm³/mol. The molecule has 1 unspecified atom stereocenters. The Hall–Kier alpha value is -2.89. The molecule has 3 amide bonds. The number of hydrogen-bond donors (Lipinski definition) is 2. The number of carbonyl (C=O) groups is 2. The van der Waals surface area contributed by atoms with Gasteiger partial charge >= 0.3 is 6.03 Å². The highest BCUT2D eigenvalue weighted by molar-refractivity contribution is 5.89. The summed E-state index contributed by atoms with van der Waals surface area (Å²) < 4.78 is 0. The van der Waals surface area contributed by atoms with Gasteiger partial charge in [-0.1, -0.05) is 30.3 Å². The fraction of sp³-hybridized carbons (Fsp3) is 0.278. The summed E-state index contributed by atoms with van der Waals surface area (Å²) in [5.74, 6) is 0.552. The highest BCUT2D eigenvalue weighted by atomic mass is 16.2. The zero-order chi connectivity index (χ0) is 16.9. The number of aryl methyl sites for hydroxylation is 1. The molecule has 0 aliphatic carbocycles. The van der Waals surface area contributed by atoms with Gasteiger partial charge in [0.05, 0.1) is 6.04 Å². The lowest BCUT2D eigenvalue weighted by Crippen LogP contribution is -2.39. The average Bonchev–Trinajstić information content (AvgIpc) is 2.87. The molecule has 0 radical (unpaired) electrons. The Morgan fingerprint density at radius 3 is 2.83 bits per heavy atom. The van der Waals surface area contributed by atoms with Crippen molar-refractivity contribution in [2.24, 2.45) is 0 Å². The van der Waals surface area contributed by atoms with Gasteiger partial charge in [-0.2, -0.15) is 0 Å². The average molecular weight is 324 g/mol. The second-order valence-electron chi connectivity index (χ2n) is 5.98. The minimum atomic E-state index is -0.340. The maximum absolute atomic E-state index is 12.1. The molecule has 1 saturated heterocycles. The third-order valence-electron chi connectivity index (χ3n) is 3.92. The number of nitrogens with one attached hydrogen (secondary N) is 2. The summed E-state index contributed by atoms with van der Waals surface area (Å²) >= 11 is 0. The van der Waals surface area contributed by atoms with Gasteiger partial charge in [0.25, 0.3) is 0 Å². The number of pyridine rings is 1. The highest BCUT2D eigenvalue weighted by Crippen LogP contribution is 2.15. The second kappa shape index (κ2) is 7.12. The van der Waals surface area contributed by atoms with E-state index >= 15 is 0 Å². The minimum absolute atomic E-state index is 0.0535. The molecule has 1 aromatic heterocycles.